The number of likely N-dealkylation sites (tertiary alicyclic amines) is 1. The topological polar surface area (TPSA) is 82.2 Å². The summed E-state index contributed by atoms with van der Waals surface area (Å²) in [5.74, 6) is -0.947. The molecule has 4 rings (SSSR count). The quantitative estimate of drug-likeness (QED) is 0.615. The normalized spacial score (nSPS) is 17.2. The number of carbonyl (C=O) groups excluding carboxylic acids is 3. The fraction of sp³-hybridized carbons (Fsp3) is 0.346. The molecule has 0 radical (unpaired) electrons. The zero-order valence-corrected chi connectivity index (χ0v) is 21.1. The number of anilines is 2. The van der Waals surface area contributed by atoms with Crippen LogP contribution in [0.15, 0.2) is 53.2 Å². The van der Waals surface area contributed by atoms with Crippen molar-refractivity contribution in [2.24, 2.45) is 0 Å². The van der Waals surface area contributed by atoms with E-state index >= 15 is 0 Å². The molecule has 9 heteroatoms. The number of benzene rings is 2. The molecule has 8 nitrogen and oxygen atoms in total. The SMILES string of the molecule is COc1ccc(C)cc1N1C(=O)C(Cl)=C(Nc2cccc(C(=O)N(C)C3CCN(C)CC3)c2)C1=O. The third-order valence-corrected chi connectivity index (χ3v) is 6.89. The third kappa shape index (κ3) is 4.90. The number of hydrogen-bond donors (Lipinski definition) is 1. The second kappa shape index (κ2) is 10.1. The van der Waals surface area contributed by atoms with Gasteiger partial charge in [-0.3, -0.25) is 14.4 Å². The number of ether oxygens (including phenoxy) is 1. The smallest absolute Gasteiger partial charge is 0.283 e. The van der Waals surface area contributed by atoms with Gasteiger partial charge in [0.25, 0.3) is 17.7 Å². The summed E-state index contributed by atoms with van der Waals surface area (Å²) < 4.78 is 5.35. The average Bonchev–Trinajstić information content (AvgIpc) is 3.06. The minimum Gasteiger partial charge on any atom is -0.495 e. The number of aryl methyl sites for hydroxylation is 1. The maximum Gasteiger partial charge on any atom is 0.283 e. The Labute approximate surface area is 210 Å². The molecule has 0 aromatic heterocycles. The number of piperidine rings is 1. The van der Waals surface area contributed by atoms with Crippen LogP contribution in [-0.2, 0) is 9.59 Å². The Kier molecular flexibility index (Phi) is 7.14. The number of carbonyl (C=O) groups is 3. The maximum atomic E-state index is 13.2. The molecule has 2 aromatic rings. The number of methoxy groups -OCH3 is 1. The summed E-state index contributed by atoms with van der Waals surface area (Å²) in [7, 11) is 5.38. The van der Waals surface area contributed by atoms with Gasteiger partial charge in [-0.05, 0) is 75.8 Å². The summed E-state index contributed by atoms with van der Waals surface area (Å²) in [5, 5.41) is 2.74. The fourth-order valence-corrected chi connectivity index (χ4v) is 4.64. The van der Waals surface area contributed by atoms with Crippen LogP contribution in [0.3, 0.4) is 0 Å². The Morgan fingerprint density at radius 2 is 1.83 bits per heavy atom. The van der Waals surface area contributed by atoms with Crippen molar-refractivity contribution in [1.29, 1.82) is 0 Å². The minimum atomic E-state index is -0.641. The number of imide groups is 1. The van der Waals surface area contributed by atoms with Crippen LogP contribution in [0, 0.1) is 6.92 Å². The molecule has 0 unspecified atom stereocenters. The number of amides is 3. The van der Waals surface area contributed by atoms with E-state index in [1.165, 1.54) is 7.11 Å². The summed E-state index contributed by atoms with van der Waals surface area (Å²) in [4.78, 5) is 44.3. The second-order valence-corrected chi connectivity index (χ2v) is 9.34. The van der Waals surface area contributed by atoms with E-state index in [1.807, 2.05) is 20.0 Å². The van der Waals surface area contributed by atoms with Gasteiger partial charge < -0.3 is 19.9 Å². The van der Waals surface area contributed by atoms with Crippen molar-refractivity contribution in [2.75, 3.05) is 44.5 Å². The zero-order chi connectivity index (χ0) is 25.3. The van der Waals surface area contributed by atoms with Gasteiger partial charge in [0.1, 0.15) is 16.5 Å². The van der Waals surface area contributed by atoms with Crippen LogP contribution in [0.25, 0.3) is 0 Å². The maximum absolute atomic E-state index is 13.2. The van der Waals surface area contributed by atoms with Gasteiger partial charge in [-0.15, -0.1) is 0 Å². The van der Waals surface area contributed by atoms with Crippen LogP contribution >= 0.6 is 11.6 Å². The summed E-state index contributed by atoms with van der Waals surface area (Å²) >= 11 is 6.30. The summed E-state index contributed by atoms with van der Waals surface area (Å²) in [5.41, 5.74) is 2.11. The first-order valence-corrected chi connectivity index (χ1v) is 11.8. The molecule has 0 saturated carbocycles. The standard InChI is InChI=1S/C26H29ClN4O4/c1-16-8-9-21(35-4)20(14-16)31-25(33)22(27)23(26(31)34)28-18-7-5-6-17(15-18)24(32)30(3)19-10-12-29(2)13-11-19/h5-9,14-15,19,28H,10-13H2,1-4H3. The lowest BCUT2D eigenvalue weighted by molar-refractivity contribution is -0.120. The molecule has 1 saturated heterocycles. The lowest BCUT2D eigenvalue weighted by Gasteiger charge is -2.35. The number of halogens is 1. The molecule has 2 heterocycles. The van der Waals surface area contributed by atoms with E-state index in [0.717, 1.165) is 36.4 Å². The number of nitrogens with zero attached hydrogens (tertiary/aromatic N) is 3. The van der Waals surface area contributed by atoms with E-state index in [1.54, 1.807) is 41.3 Å². The Balaban J connectivity index is 1.54. The van der Waals surface area contributed by atoms with Gasteiger partial charge in [0.2, 0.25) is 0 Å². The van der Waals surface area contributed by atoms with Crippen molar-refractivity contribution in [3.8, 4) is 5.75 Å². The van der Waals surface area contributed by atoms with Crippen LogP contribution in [0.4, 0.5) is 11.4 Å². The first-order valence-electron chi connectivity index (χ1n) is 11.5. The molecule has 2 aromatic carbocycles. The summed E-state index contributed by atoms with van der Waals surface area (Å²) in [6.45, 7) is 3.76. The Bertz CT molecular complexity index is 1200. The van der Waals surface area contributed by atoms with Crippen LogP contribution in [0.5, 0.6) is 5.75 Å². The van der Waals surface area contributed by atoms with Crippen molar-refractivity contribution >= 4 is 40.7 Å². The van der Waals surface area contributed by atoms with E-state index in [9.17, 15) is 14.4 Å². The van der Waals surface area contributed by atoms with E-state index in [0.29, 0.717) is 22.7 Å². The van der Waals surface area contributed by atoms with E-state index in [2.05, 4.69) is 17.3 Å². The van der Waals surface area contributed by atoms with Gasteiger partial charge in [-0.25, -0.2) is 4.90 Å². The van der Waals surface area contributed by atoms with Crippen LogP contribution in [0.2, 0.25) is 0 Å². The zero-order valence-electron chi connectivity index (χ0n) is 20.3. The monoisotopic (exact) mass is 496 g/mol. The van der Waals surface area contributed by atoms with Gasteiger partial charge in [0.05, 0.1) is 12.8 Å². The number of nitrogens with one attached hydrogen (secondary N) is 1. The van der Waals surface area contributed by atoms with E-state index in [-0.39, 0.29) is 22.7 Å². The highest BCUT2D eigenvalue weighted by Crippen LogP contribution is 2.36. The Morgan fingerprint density at radius 1 is 1.11 bits per heavy atom. The molecular formula is C26H29ClN4O4. The summed E-state index contributed by atoms with van der Waals surface area (Å²) in [6, 6.07) is 12.2. The lowest BCUT2D eigenvalue weighted by atomic mass is 10.0. The highest BCUT2D eigenvalue weighted by molar-refractivity contribution is 6.53. The van der Waals surface area contributed by atoms with Gasteiger partial charge in [0, 0.05) is 24.3 Å². The van der Waals surface area contributed by atoms with Crippen LogP contribution in [-0.4, -0.2) is 67.9 Å². The third-order valence-electron chi connectivity index (χ3n) is 6.54. The van der Waals surface area contributed by atoms with E-state index in [4.69, 9.17) is 16.3 Å². The molecule has 2 aliphatic heterocycles. The average molecular weight is 497 g/mol. The van der Waals surface area contributed by atoms with Gasteiger partial charge >= 0.3 is 0 Å². The highest BCUT2D eigenvalue weighted by atomic mass is 35.5. The predicted molar refractivity (Wildman–Crippen MR) is 136 cm³/mol. The van der Waals surface area contributed by atoms with Gasteiger partial charge in [0.15, 0.2) is 0 Å². The summed E-state index contributed by atoms with van der Waals surface area (Å²) in [6.07, 6.45) is 1.85. The minimum absolute atomic E-state index is 0.0477. The lowest BCUT2D eigenvalue weighted by Crippen LogP contribution is -2.44. The Morgan fingerprint density at radius 3 is 2.51 bits per heavy atom. The molecule has 0 atom stereocenters. The van der Waals surface area contributed by atoms with E-state index < -0.39 is 11.8 Å². The fourth-order valence-electron chi connectivity index (χ4n) is 4.43. The van der Waals surface area contributed by atoms with Crippen molar-refractivity contribution in [1.82, 2.24) is 9.80 Å². The molecular weight excluding hydrogens is 468 g/mol. The first-order chi connectivity index (χ1) is 16.7. The van der Waals surface area contributed by atoms with Crippen molar-refractivity contribution < 1.29 is 19.1 Å². The molecule has 184 valence electrons. The van der Waals surface area contributed by atoms with Gasteiger partial charge in [-0.1, -0.05) is 23.7 Å². The highest BCUT2D eigenvalue weighted by Gasteiger charge is 2.40. The van der Waals surface area contributed by atoms with Crippen molar-refractivity contribution in [3.05, 3.63) is 64.3 Å². The Hall–Kier alpha value is -3.36. The molecule has 1 fully saturated rings. The van der Waals surface area contributed by atoms with Crippen LogP contribution in [0.1, 0.15) is 28.8 Å². The molecule has 0 spiro atoms. The number of rotatable bonds is 6. The van der Waals surface area contributed by atoms with Gasteiger partial charge in [-0.2, -0.15) is 0 Å². The molecule has 0 aliphatic carbocycles. The molecule has 3 amide bonds. The molecule has 0 bridgehead atoms. The predicted octanol–water partition coefficient (Wildman–Crippen LogP) is 3.61. The van der Waals surface area contributed by atoms with Crippen LogP contribution < -0.4 is 15.0 Å². The largest absolute Gasteiger partial charge is 0.495 e. The van der Waals surface area contributed by atoms with Crippen molar-refractivity contribution in [2.45, 2.75) is 25.8 Å². The second-order valence-electron chi connectivity index (χ2n) is 8.97. The first kappa shape index (κ1) is 24.8. The molecule has 35 heavy (non-hydrogen) atoms. The molecule has 2 aliphatic rings. The molecule has 1 N–H and O–H groups in total. The number of hydrogen-bond acceptors (Lipinski definition) is 6. The van der Waals surface area contributed by atoms with Crippen molar-refractivity contribution in [3.63, 3.8) is 0 Å².